The van der Waals surface area contributed by atoms with Gasteiger partial charge in [0.15, 0.2) is 0 Å². The molecule has 0 unspecified atom stereocenters. The molecule has 0 aliphatic rings. The van der Waals surface area contributed by atoms with Crippen molar-refractivity contribution in [2.45, 2.75) is 0 Å². The Morgan fingerprint density at radius 2 is 1.71 bits per heavy atom. The second kappa shape index (κ2) is 6.01. The Kier molecular flexibility index (Phi) is 3.56. The second-order valence-corrected chi connectivity index (χ2v) is 5.48. The molecule has 4 heteroatoms. The van der Waals surface area contributed by atoms with Crippen molar-refractivity contribution in [1.82, 2.24) is 4.98 Å². The number of fused-ring (bicyclic) bond motifs is 2. The fourth-order valence-corrected chi connectivity index (χ4v) is 2.74. The summed E-state index contributed by atoms with van der Waals surface area (Å²) in [6.45, 7) is 0. The molecular formula is C20H15N3O. The summed E-state index contributed by atoms with van der Waals surface area (Å²) in [5, 5.41) is 17.5. The van der Waals surface area contributed by atoms with Gasteiger partial charge in [0, 0.05) is 22.5 Å². The van der Waals surface area contributed by atoms with Crippen molar-refractivity contribution in [3.8, 4) is 5.75 Å². The van der Waals surface area contributed by atoms with Gasteiger partial charge in [-0.15, -0.1) is 0 Å². The molecule has 2 N–H and O–H groups in total. The van der Waals surface area contributed by atoms with Crippen LogP contribution in [-0.4, -0.2) is 16.3 Å². The van der Waals surface area contributed by atoms with Crippen LogP contribution in [0.2, 0.25) is 0 Å². The molecule has 4 rings (SSSR count). The van der Waals surface area contributed by atoms with E-state index in [2.05, 4.69) is 15.5 Å². The molecule has 0 aliphatic heterocycles. The van der Waals surface area contributed by atoms with E-state index >= 15 is 0 Å². The van der Waals surface area contributed by atoms with Crippen LogP contribution in [0.15, 0.2) is 78.0 Å². The van der Waals surface area contributed by atoms with E-state index in [0.717, 1.165) is 27.4 Å². The molecule has 0 atom stereocenters. The van der Waals surface area contributed by atoms with E-state index in [9.17, 15) is 5.11 Å². The topological polar surface area (TPSA) is 57.5 Å². The van der Waals surface area contributed by atoms with Crippen molar-refractivity contribution in [1.29, 1.82) is 0 Å². The minimum Gasteiger partial charge on any atom is -0.507 e. The van der Waals surface area contributed by atoms with Gasteiger partial charge in [-0.05, 0) is 23.6 Å². The van der Waals surface area contributed by atoms with Crippen LogP contribution in [0.1, 0.15) is 5.56 Å². The van der Waals surface area contributed by atoms with Crippen molar-refractivity contribution in [3.63, 3.8) is 0 Å². The highest BCUT2D eigenvalue weighted by atomic mass is 16.3. The van der Waals surface area contributed by atoms with E-state index in [1.807, 2.05) is 66.7 Å². The molecule has 0 saturated heterocycles. The van der Waals surface area contributed by atoms with Crippen molar-refractivity contribution in [2.24, 2.45) is 5.10 Å². The highest BCUT2D eigenvalue weighted by Crippen LogP contribution is 2.27. The van der Waals surface area contributed by atoms with Gasteiger partial charge in [0.05, 0.1) is 17.4 Å². The van der Waals surface area contributed by atoms with Crippen LogP contribution in [0, 0.1) is 0 Å². The highest BCUT2D eigenvalue weighted by Gasteiger charge is 2.04. The molecule has 24 heavy (non-hydrogen) atoms. The van der Waals surface area contributed by atoms with E-state index in [-0.39, 0.29) is 5.75 Å². The minimum absolute atomic E-state index is 0.231. The number of pyridine rings is 1. The molecule has 3 aromatic carbocycles. The molecule has 1 aromatic heterocycles. The summed E-state index contributed by atoms with van der Waals surface area (Å²) in [4.78, 5) is 4.38. The zero-order valence-corrected chi connectivity index (χ0v) is 12.8. The molecule has 0 amide bonds. The first-order valence-electron chi connectivity index (χ1n) is 7.66. The van der Waals surface area contributed by atoms with E-state index in [4.69, 9.17) is 0 Å². The molecule has 4 aromatic rings. The van der Waals surface area contributed by atoms with Crippen molar-refractivity contribution < 1.29 is 5.11 Å². The number of phenols is 1. The van der Waals surface area contributed by atoms with Crippen LogP contribution in [0.25, 0.3) is 21.7 Å². The van der Waals surface area contributed by atoms with Gasteiger partial charge in [-0.25, -0.2) is 0 Å². The number of para-hydroxylation sites is 1. The molecule has 0 aliphatic carbocycles. The van der Waals surface area contributed by atoms with Crippen LogP contribution >= 0.6 is 0 Å². The van der Waals surface area contributed by atoms with Gasteiger partial charge in [0.25, 0.3) is 0 Å². The first-order chi connectivity index (χ1) is 11.8. The van der Waals surface area contributed by atoms with Crippen molar-refractivity contribution >= 4 is 33.6 Å². The Hall–Kier alpha value is -3.40. The molecule has 0 saturated carbocycles. The van der Waals surface area contributed by atoms with Gasteiger partial charge in [-0.2, -0.15) is 5.10 Å². The lowest BCUT2D eigenvalue weighted by Gasteiger charge is -2.06. The summed E-state index contributed by atoms with van der Waals surface area (Å²) in [6.07, 6.45) is 3.37. The fraction of sp³-hybridized carbons (Fsp3) is 0. The van der Waals surface area contributed by atoms with E-state index < -0.39 is 0 Å². The number of aromatic hydroxyl groups is 1. The van der Waals surface area contributed by atoms with Crippen LogP contribution in [0.3, 0.4) is 0 Å². The smallest absolute Gasteiger partial charge is 0.132 e. The van der Waals surface area contributed by atoms with Crippen LogP contribution in [0.5, 0.6) is 5.75 Å². The van der Waals surface area contributed by atoms with E-state index in [1.165, 1.54) is 0 Å². The zero-order valence-electron chi connectivity index (χ0n) is 12.8. The third-order valence-corrected chi connectivity index (χ3v) is 3.95. The number of phenolic OH excluding ortho intramolecular Hbond substituents is 1. The van der Waals surface area contributed by atoms with Gasteiger partial charge in [-0.3, -0.25) is 10.4 Å². The summed E-state index contributed by atoms with van der Waals surface area (Å²) in [5.41, 5.74) is 5.35. The Morgan fingerprint density at radius 3 is 2.67 bits per heavy atom. The SMILES string of the molecule is Oc1c(C=NNc2cccc3cccnc23)ccc2ccccc12. The maximum Gasteiger partial charge on any atom is 0.132 e. The fourth-order valence-electron chi connectivity index (χ4n) is 2.74. The molecule has 0 radical (unpaired) electrons. The maximum absolute atomic E-state index is 10.4. The lowest BCUT2D eigenvalue weighted by molar-refractivity contribution is 0.481. The summed E-state index contributed by atoms with van der Waals surface area (Å²) < 4.78 is 0. The Labute approximate surface area is 139 Å². The zero-order chi connectivity index (χ0) is 16.4. The largest absolute Gasteiger partial charge is 0.507 e. The first-order valence-corrected chi connectivity index (χ1v) is 7.66. The number of hydrazone groups is 1. The summed E-state index contributed by atoms with van der Waals surface area (Å²) in [6, 6.07) is 21.3. The Bertz CT molecular complexity index is 1050. The lowest BCUT2D eigenvalue weighted by Crippen LogP contribution is -1.93. The van der Waals surface area contributed by atoms with Gasteiger partial charge in [-0.1, -0.05) is 48.5 Å². The van der Waals surface area contributed by atoms with Gasteiger partial charge >= 0.3 is 0 Å². The third-order valence-electron chi connectivity index (χ3n) is 3.95. The highest BCUT2D eigenvalue weighted by molar-refractivity contribution is 5.97. The van der Waals surface area contributed by atoms with E-state index in [1.54, 1.807) is 12.4 Å². The normalized spacial score (nSPS) is 11.3. The van der Waals surface area contributed by atoms with Crippen LogP contribution < -0.4 is 5.43 Å². The lowest BCUT2D eigenvalue weighted by atomic mass is 10.1. The van der Waals surface area contributed by atoms with E-state index in [0.29, 0.717) is 5.56 Å². The number of hydrogen-bond acceptors (Lipinski definition) is 4. The molecule has 0 fully saturated rings. The molecule has 4 nitrogen and oxygen atoms in total. The Morgan fingerprint density at radius 1 is 0.875 bits per heavy atom. The van der Waals surface area contributed by atoms with Gasteiger partial charge in [0.1, 0.15) is 5.75 Å². The number of aromatic nitrogens is 1. The monoisotopic (exact) mass is 313 g/mol. The number of nitrogens with zero attached hydrogens (tertiary/aromatic N) is 2. The quantitative estimate of drug-likeness (QED) is 0.431. The van der Waals surface area contributed by atoms with Crippen LogP contribution in [-0.2, 0) is 0 Å². The average Bonchev–Trinajstić information content (AvgIpc) is 2.64. The first kappa shape index (κ1) is 14.2. The number of rotatable bonds is 3. The number of benzene rings is 3. The maximum atomic E-state index is 10.4. The summed E-state index contributed by atoms with van der Waals surface area (Å²) in [7, 11) is 0. The number of hydrogen-bond donors (Lipinski definition) is 2. The second-order valence-electron chi connectivity index (χ2n) is 5.48. The van der Waals surface area contributed by atoms with Crippen molar-refractivity contribution in [2.75, 3.05) is 5.43 Å². The summed E-state index contributed by atoms with van der Waals surface area (Å²) in [5.74, 6) is 0.231. The third kappa shape index (κ3) is 2.54. The molecule has 0 spiro atoms. The predicted molar refractivity (Wildman–Crippen MR) is 98.6 cm³/mol. The number of anilines is 1. The Balaban J connectivity index is 1.65. The standard InChI is InChI=1S/C20H15N3O/c24-20-16(11-10-14-5-1-2-8-17(14)20)13-22-23-18-9-3-6-15-7-4-12-21-19(15)18/h1-13,23-24H. The summed E-state index contributed by atoms with van der Waals surface area (Å²) >= 11 is 0. The number of nitrogens with one attached hydrogen (secondary N) is 1. The van der Waals surface area contributed by atoms with Crippen LogP contribution in [0.4, 0.5) is 5.69 Å². The van der Waals surface area contributed by atoms with Gasteiger partial charge < -0.3 is 5.11 Å². The average molecular weight is 313 g/mol. The predicted octanol–water partition coefficient (Wildman–Crippen LogP) is 4.54. The molecule has 0 bridgehead atoms. The van der Waals surface area contributed by atoms with Gasteiger partial charge in [0.2, 0.25) is 0 Å². The minimum atomic E-state index is 0.231. The molecule has 116 valence electrons. The molecular weight excluding hydrogens is 298 g/mol. The molecule has 1 heterocycles. The van der Waals surface area contributed by atoms with Crippen molar-refractivity contribution in [3.05, 3.63) is 78.5 Å².